The SMILES string of the molecule is CCCCC(=O)N=C1S[C@@H]2CS(=O)(=O)C[C@@H]2N1c1ccc(F)c(Cl)c1. The Kier molecular flexibility index (Phi) is 5.41. The van der Waals surface area contributed by atoms with Crippen molar-refractivity contribution < 1.29 is 17.6 Å². The predicted molar refractivity (Wildman–Crippen MR) is 99.7 cm³/mol. The fraction of sp³-hybridized carbons (Fsp3) is 0.500. The molecule has 0 aliphatic carbocycles. The zero-order chi connectivity index (χ0) is 18.2. The molecule has 0 bridgehead atoms. The lowest BCUT2D eigenvalue weighted by atomic mass is 10.2. The number of sulfone groups is 1. The number of hydrogen-bond donors (Lipinski definition) is 0. The molecule has 0 N–H and O–H groups in total. The molecule has 1 aromatic carbocycles. The van der Waals surface area contributed by atoms with Gasteiger partial charge in [-0.2, -0.15) is 4.99 Å². The Hall–Kier alpha value is -1.12. The van der Waals surface area contributed by atoms with Crippen molar-refractivity contribution >= 4 is 50.0 Å². The van der Waals surface area contributed by atoms with Gasteiger partial charge in [0, 0.05) is 17.4 Å². The third-order valence-electron chi connectivity index (χ3n) is 4.21. The number of hydrogen-bond acceptors (Lipinski definition) is 4. The number of benzene rings is 1. The maximum absolute atomic E-state index is 13.5. The van der Waals surface area contributed by atoms with Crippen molar-refractivity contribution in [1.82, 2.24) is 0 Å². The number of rotatable bonds is 4. The van der Waals surface area contributed by atoms with Crippen LogP contribution in [0.3, 0.4) is 0 Å². The van der Waals surface area contributed by atoms with Crippen molar-refractivity contribution in [3.8, 4) is 0 Å². The zero-order valence-electron chi connectivity index (χ0n) is 13.6. The number of nitrogens with zero attached hydrogens (tertiary/aromatic N) is 2. The Morgan fingerprint density at radius 3 is 2.88 bits per heavy atom. The molecule has 2 atom stereocenters. The third-order valence-corrected chi connectivity index (χ3v) is 7.71. The van der Waals surface area contributed by atoms with Gasteiger partial charge in [0.1, 0.15) is 5.82 Å². The van der Waals surface area contributed by atoms with Crippen LogP contribution in [0.1, 0.15) is 26.2 Å². The second-order valence-corrected chi connectivity index (χ2v) is 9.93. The minimum Gasteiger partial charge on any atom is -0.316 e. The van der Waals surface area contributed by atoms with Gasteiger partial charge >= 0.3 is 0 Å². The summed E-state index contributed by atoms with van der Waals surface area (Å²) in [5, 5.41) is 0.226. The Morgan fingerprint density at radius 1 is 1.44 bits per heavy atom. The summed E-state index contributed by atoms with van der Waals surface area (Å²) in [4.78, 5) is 18.0. The molecule has 0 aromatic heterocycles. The molecule has 2 saturated heterocycles. The van der Waals surface area contributed by atoms with E-state index < -0.39 is 15.7 Å². The summed E-state index contributed by atoms with van der Waals surface area (Å²) in [5.41, 5.74) is 0.547. The number of fused-ring (bicyclic) bond motifs is 1. The monoisotopic (exact) mass is 404 g/mol. The molecule has 1 amide bonds. The molecule has 2 heterocycles. The molecule has 2 fully saturated rings. The lowest BCUT2D eigenvalue weighted by molar-refractivity contribution is -0.117. The summed E-state index contributed by atoms with van der Waals surface area (Å²) < 4.78 is 37.4. The first-order valence-electron chi connectivity index (χ1n) is 8.03. The second kappa shape index (κ2) is 7.25. The van der Waals surface area contributed by atoms with Crippen LogP contribution in [0.4, 0.5) is 10.1 Å². The van der Waals surface area contributed by atoms with Gasteiger partial charge in [0.2, 0.25) is 5.91 Å². The van der Waals surface area contributed by atoms with Crippen molar-refractivity contribution in [3.05, 3.63) is 29.0 Å². The molecule has 5 nitrogen and oxygen atoms in total. The summed E-state index contributed by atoms with van der Waals surface area (Å²) in [5.74, 6) is -0.742. The second-order valence-electron chi connectivity index (χ2n) is 6.16. The maximum atomic E-state index is 13.5. The van der Waals surface area contributed by atoms with Crippen LogP contribution in [0.2, 0.25) is 5.02 Å². The number of thioether (sulfide) groups is 1. The predicted octanol–water partition coefficient (Wildman–Crippen LogP) is 3.27. The van der Waals surface area contributed by atoms with Crippen molar-refractivity contribution in [2.45, 2.75) is 37.5 Å². The van der Waals surface area contributed by atoms with E-state index in [1.165, 1.54) is 30.0 Å². The van der Waals surface area contributed by atoms with Gasteiger partial charge in [0.25, 0.3) is 0 Å². The highest BCUT2D eigenvalue weighted by Crippen LogP contribution is 2.41. The number of carbonyl (C=O) groups is 1. The van der Waals surface area contributed by atoms with Gasteiger partial charge in [-0.1, -0.05) is 36.7 Å². The van der Waals surface area contributed by atoms with Crippen LogP contribution < -0.4 is 4.90 Å². The van der Waals surface area contributed by atoms with E-state index in [0.29, 0.717) is 17.3 Å². The number of carbonyl (C=O) groups excluding carboxylic acids is 1. The van der Waals surface area contributed by atoms with Gasteiger partial charge < -0.3 is 4.90 Å². The minimum absolute atomic E-state index is 0.0121. The molecule has 0 saturated carbocycles. The number of anilines is 1. The Labute approximate surface area is 155 Å². The fourth-order valence-corrected chi connectivity index (χ4v) is 7.10. The van der Waals surface area contributed by atoms with Gasteiger partial charge in [0.05, 0.1) is 22.6 Å². The Bertz CT molecular complexity index is 829. The Balaban J connectivity index is 1.96. The normalized spacial score (nSPS) is 26.2. The van der Waals surface area contributed by atoms with E-state index in [9.17, 15) is 17.6 Å². The van der Waals surface area contributed by atoms with Crippen molar-refractivity contribution in [1.29, 1.82) is 0 Å². The number of halogens is 2. The largest absolute Gasteiger partial charge is 0.316 e. The fourth-order valence-electron chi connectivity index (χ4n) is 2.99. The number of amides is 1. The van der Waals surface area contributed by atoms with Crippen LogP contribution in [-0.4, -0.2) is 42.3 Å². The van der Waals surface area contributed by atoms with Crippen LogP contribution >= 0.6 is 23.4 Å². The highest BCUT2D eigenvalue weighted by Gasteiger charge is 2.49. The first kappa shape index (κ1) is 18.7. The summed E-state index contributed by atoms with van der Waals surface area (Å²) in [6, 6.07) is 3.88. The molecule has 25 heavy (non-hydrogen) atoms. The zero-order valence-corrected chi connectivity index (χ0v) is 16.0. The number of amidine groups is 1. The topological polar surface area (TPSA) is 66.8 Å². The standard InChI is InChI=1S/C16H18ClFN2O3S2/c1-2-3-4-15(21)19-16-20(10-5-6-12(18)11(17)7-10)13-8-25(22,23)9-14(13)24-16/h5-7,13-14H,2-4,8-9H2,1H3/t13-,14+/m0/s1. The van der Waals surface area contributed by atoms with E-state index in [2.05, 4.69) is 4.99 Å². The van der Waals surface area contributed by atoms with Crippen LogP contribution in [0.25, 0.3) is 0 Å². The molecular formula is C16H18ClFN2O3S2. The smallest absolute Gasteiger partial charge is 0.248 e. The van der Waals surface area contributed by atoms with Crippen LogP contribution in [-0.2, 0) is 14.6 Å². The first-order valence-corrected chi connectivity index (χ1v) is 11.1. The number of unbranched alkanes of at least 4 members (excludes halogenated alkanes) is 1. The van der Waals surface area contributed by atoms with Crippen LogP contribution in [0, 0.1) is 5.82 Å². The van der Waals surface area contributed by atoms with Gasteiger partial charge in [-0.25, -0.2) is 12.8 Å². The van der Waals surface area contributed by atoms with Gasteiger partial charge in [-0.05, 0) is 24.6 Å². The molecule has 3 rings (SSSR count). The highest BCUT2D eigenvalue weighted by molar-refractivity contribution is 8.16. The number of aliphatic imine (C=N–C) groups is 1. The van der Waals surface area contributed by atoms with E-state index in [1.54, 1.807) is 4.90 Å². The maximum Gasteiger partial charge on any atom is 0.248 e. The molecule has 136 valence electrons. The van der Waals surface area contributed by atoms with Gasteiger partial charge in [-0.3, -0.25) is 4.79 Å². The lowest BCUT2D eigenvalue weighted by Gasteiger charge is -2.24. The van der Waals surface area contributed by atoms with E-state index in [-0.39, 0.29) is 33.7 Å². The van der Waals surface area contributed by atoms with E-state index in [0.717, 1.165) is 12.8 Å². The van der Waals surface area contributed by atoms with Crippen molar-refractivity contribution in [2.75, 3.05) is 16.4 Å². The summed E-state index contributed by atoms with van der Waals surface area (Å²) in [7, 11) is -3.14. The van der Waals surface area contributed by atoms with E-state index in [1.807, 2.05) is 6.92 Å². The van der Waals surface area contributed by atoms with Crippen LogP contribution in [0.15, 0.2) is 23.2 Å². The summed E-state index contributed by atoms with van der Waals surface area (Å²) in [6.07, 6.45) is 2.00. The summed E-state index contributed by atoms with van der Waals surface area (Å²) >= 11 is 7.18. The third kappa shape index (κ3) is 4.01. The summed E-state index contributed by atoms with van der Waals surface area (Å²) in [6.45, 7) is 1.99. The highest BCUT2D eigenvalue weighted by atomic mass is 35.5. The molecular weight excluding hydrogens is 387 g/mol. The Morgan fingerprint density at radius 2 is 2.20 bits per heavy atom. The average Bonchev–Trinajstić information content (AvgIpc) is 2.99. The molecule has 0 unspecified atom stereocenters. The van der Waals surface area contributed by atoms with Gasteiger partial charge in [-0.15, -0.1) is 0 Å². The van der Waals surface area contributed by atoms with Crippen LogP contribution in [0.5, 0.6) is 0 Å². The van der Waals surface area contributed by atoms with Crippen molar-refractivity contribution in [2.24, 2.45) is 4.99 Å². The minimum atomic E-state index is -3.14. The van der Waals surface area contributed by atoms with Gasteiger partial charge in [0.15, 0.2) is 15.0 Å². The molecule has 1 aromatic rings. The van der Waals surface area contributed by atoms with E-state index >= 15 is 0 Å². The average molecular weight is 405 g/mol. The first-order chi connectivity index (χ1) is 11.8. The molecule has 0 spiro atoms. The molecule has 2 aliphatic heterocycles. The quantitative estimate of drug-likeness (QED) is 0.770. The van der Waals surface area contributed by atoms with E-state index in [4.69, 9.17) is 11.6 Å². The molecule has 0 radical (unpaired) electrons. The van der Waals surface area contributed by atoms with Crippen molar-refractivity contribution in [3.63, 3.8) is 0 Å². The molecule has 2 aliphatic rings. The lowest BCUT2D eigenvalue weighted by Crippen LogP contribution is -2.37. The molecule has 9 heteroatoms.